The summed E-state index contributed by atoms with van der Waals surface area (Å²) in [6, 6.07) is 46.2. The number of rotatable bonds is 15. The van der Waals surface area contributed by atoms with Crippen molar-refractivity contribution in [2.75, 3.05) is 0 Å². The first-order valence-electron chi connectivity index (χ1n) is 27.3. The quantitative estimate of drug-likeness (QED) is 0.0718. The first-order chi connectivity index (χ1) is 38.6. The smallest absolute Gasteiger partial charge is 0.822 e. The second kappa shape index (κ2) is 33.5. The molecule has 0 bridgehead atoms. The molecule has 0 aromatic heterocycles. The van der Waals surface area contributed by atoms with E-state index in [4.69, 9.17) is 61.4 Å². The predicted molar refractivity (Wildman–Crippen MR) is 316 cm³/mol. The van der Waals surface area contributed by atoms with Crippen LogP contribution in [-0.4, -0.2) is 72.3 Å². The van der Waals surface area contributed by atoms with Crippen molar-refractivity contribution in [2.24, 2.45) is 0 Å². The van der Waals surface area contributed by atoms with Gasteiger partial charge >= 0.3 is 176 Å². The van der Waals surface area contributed by atoms with Crippen molar-refractivity contribution < 1.29 is 230 Å². The molecule has 6 aromatic rings. The molecule has 440 valence electrons. The molecule has 0 aliphatic carbocycles. The van der Waals surface area contributed by atoms with Crippen molar-refractivity contribution in [3.05, 3.63) is 179 Å². The third-order valence-corrected chi connectivity index (χ3v) is 15.5. The standard InChI is InChI=1S/3C21H25BO4.3K.H3O4P/c3*1-15(23)18-13-17(24-14-16-9-7-6-8-10-16)11-12-19(18)22-25-20(2,3)21(4,5)26-22;;;;1-5(2,3)4/h3*6-13H,14H2,1-5H3;;;;(H3,1,2,3,4)/q;;;3*+1;/p-3. The topological polar surface area (TPSA) is 221 Å². The summed E-state index contributed by atoms with van der Waals surface area (Å²) in [6.07, 6.45) is 0. The van der Waals surface area contributed by atoms with Crippen LogP contribution >= 0.6 is 7.82 Å². The van der Waals surface area contributed by atoms with Crippen molar-refractivity contribution in [1.82, 2.24) is 0 Å². The van der Waals surface area contributed by atoms with Crippen LogP contribution in [0.5, 0.6) is 17.2 Å². The van der Waals surface area contributed by atoms with Gasteiger partial charge < -0.3 is 61.4 Å². The van der Waals surface area contributed by atoms with Crippen molar-refractivity contribution in [3.8, 4) is 17.2 Å². The molecule has 0 amide bonds. The van der Waals surface area contributed by atoms with Gasteiger partial charge in [0, 0.05) is 16.7 Å². The van der Waals surface area contributed by atoms with Crippen molar-refractivity contribution >= 4 is 62.9 Å². The Morgan fingerprint density at radius 2 is 0.558 bits per heavy atom. The second-order valence-corrected chi connectivity index (χ2v) is 24.3. The van der Waals surface area contributed by atoms with Gasteiger partial charge in [0.1, 0.15) is 37.1 Å². The summed E-state index contributed by atoms with van der Waals surface area (Å²) in [7, 11) is -7.09. The molecule has 0 unspecified atom stereocenters. The first kappa shape index (κ1) is 78.9. The number of Topliss-reactive ketones (excluding diaryl/α,β-unsaturated/α-hetero) is 3. The largest absolute Gasteiger partial charge is 1.00 e. The number of hydrogen-bond acceptors (Lipinski definition) is 16. The fourth-order valence-electron chi connectivity index (χ4n) is 8.54. The van der Waals surface area contributed by atoms with E-state index in [0.29, 0.717) is 53.8 Å². The zero-order valence-corrected chi connectivity index (χ0v) is 63.5. The van der Waals surface area contributed by atoms with E-state index in [2.05, 4.69) is 0 Å². The van der Waals surface area contributed by atoms with Gasteiger partial charge in [-0.3, -0.25) is 14.4 Å². The number of benzene rings is 6. The monoisotopic (exact) mass is 1270 g/mol. The van der Waals surface area contributed by atoms with E-state index < -0.39 is 62.8 Å². The fraction of sp³-hybridized carbons (Fsp3) is 0.381. The van der Waals surface area contributed by atoms with Crippen molar-refractivity contribution in [1.29, 1.82) is 0 Å². The van der Waals surface area contributed by atoms with E-state index in [1.165, 1.54) is 0 Å². The van der Waals surface area contributed by atoms with Gasteiger partial charge in [-0.15, -0.1) is 0 Å². The SMILES string of the molecule is CC(=O)c1cc(OCc2ccccc2)ccc1B1OC(C)(C)C(C)(C)O1.CC(=O)c1cc(OCc2ccccc2)ccc1B1OC(C)(C)C(C)(C)O1.CC(=O)c1cc(OCc2ccccc2)ccc1B1OC(C)(C)C(C)(C)O1.O=P([O-])([O-])[O-].[K+].[K+].[K+]. The number of carbonyl (C=O) groups excluding carboxylic acids is 3. The van der Waals surface area contributed by atoms with Crippen LogP contribution in [0.1, 0.15) is 152 Å². The number of hydrogen-bond donors (Lipinski definition) is 0. The summed E-state index contributed by atoms with van der Waals surface area (Å²) >= 11 is 0. The molecule has 9 rings (SSSR count). The molecule has 3 saturated heterocycles. The Hall–Kier alpha value is -1.30. The van der Waals surface area contributed by atoms with Gasteiger partial charge in [0.2, 0.25) is 0 Å². The Balaban J connectivity index is 0.000000319. The number of phosphoric acid groups is 1. The van der Waals surface area contributed by atoms with Crippen LogP contribution < -0.4 is 199 Å². The molecule has 3 fully saturated rings. The molecule has 0 saturated carbocycles. The van der Waals surface area contributed by atoms with E-state index in [9.17, 15) is 14.4 Å². The maximum Gasteiger partial charge on any atom is 1.00 e. The van der Waals surface area contributed by atoms with Crippen LogP contribution in [0, 0.1) is 0 Å². The maximum absolute atomic E-state index is 12.2. The minimum atomic E-state index is -5.39. The van der Waals surface area contributed by atoms with Crippen LogP contribution in [-0.2, 0) is 52.3 Å². The van der Waals surface area contributed by atoms with E-state index in [1.807, 2.05) is 210 Å². The molecule has 0 atom stereocenters. The molecule has 6 aromatic carbocycles. The maximum atomic E-state index is 12.2. The summed E-state index contributed by atoms with van der Waals surface area (Å²) in [5, 5.41) is 0. The predicted octanol–water partition coefficient (Wildman–Crippen LogP) is -0.510. The summed E-state index contributed by atoms with van der Waals surface area (Å²) in [4.78, 5) is 62.3. The van der Waals surface area contributed by atoms with E-state index in [1.54, 1.807) is 39.0 Å². The molecule has 3 aliphatic rings. The third kappa shape index (κ3) is 22.2. The van der Waals surface area contributed by atoms with Gasteiger partial charge in [0.15, 0.2) is 17.3 Å². The van der Waals surface area contributed by atoms with Crippen LogP contribution in [0.3, 0.4) is 0 Å². The normalized spacial score (nSPS) is 17.0. The van der Waals surface area contributed by atoms with Crippen LogP contribution in [0.25, 0.3) is 0 Å². The minimum Gasteiger partial charge on any atom is -0.822 e. The van der Waals surface area contributed by atoms with E-state index >= 15 is 0 Å². The molecule has 23 heteroatoms. The molecule has 86 heavy (non-hydrogen) atoms. The summed E-state index contributed by atoms with van der Waals surface area (Å²) in [6.45, 7) is 30.0. The Bertz CT molecular complexity index is 2870. The summed E-state index contributed by atoms with van der Waals surface area (Å²) in [5.74, 6) is 1.83. The Morgan fingerprint density at radius 1 is 0.372 bits per heavy atom. The molecule has 16 nitrogen and oxygen atoms in total. The zero-order chi connectivity index (χ0) is 61.3. The number of carbonyl (C=O) groups is 3. The molecule has 0 N–H and O–H groups in total. The zero-order valence-electron chi connectivity index (χ0n) is 53.2. The minimum absolute atomic E-state index is 0. The van der Waals surface area contributed by atoms with Gasteiger partial charge in [0.05, 0.1) is 33.6 Å². The fourth-order valence-corrected chi connectivity index (χ4v) is 8.54. The molecular formula is C63H75B3K3O16P. The summed E-state index contributed by atoms with van der Waals surface area (Å²) < 4.78 is 62.7. The average molecular weight is 1270 g/mol. The van der Waals surface area contributed by atoms with Crippen LogP contribution in [0.4, 0.5) is 0 Å². The van der Waals surface area contributed by atoms with E-state index in [-0.39, 0.29) is 172 Å². The molecule has 0 spiro atoms. The molecule has 3 heterocycles. The molecule has 3 aliphatic heterocycles. The van der Waals surface area contributed by atoms with Gasteiger partial charge in [0.25, 0.3) is 0 Å². The summed E-state index contributed by atoms with van der Waals surface area (Å²) in [5.41, 5.74) is 4.44. The van der Waals surface area contributed by atoms with Gasteiger partial charge in [-0.05, 0) is 173 Å². The number of ether oxygens (including phenoxy) is 3. The number of ketones is 3. The van der Waals surface area contributed by atoms with E-state index in [0.717, 1.165) is 33.1 Å². The van der Waals surface area contributed by atoms with Crippen LogP contribution in [0.2, 0.25) is 0 Å². The second-order valence-electron chi connectivity index (χ2n) is 23.5. The van der Waals surface area contributed by atoms with Gasteiger partial charge in [-0.1, -0.05) is 109 Å². The van der Waals surface area contributed by atoms with Crippen LogP contribution in [0.15, 0.2) is 146 Å². The van der Waals surface area contributed by atoms with Crippen molar-refractivity contribution in [2.45, 2.75) is 157 Å². The molecule has 0 radical (unpaired) electrons. The Kier molecular flexibility index (Phi) is 30.8. The Morgan fingerprint density at radius 3 is 0.733 bits per heavy atom. The van der Waals surface area contributed by atoms with Crippen molar-refractivity contribution in [3.63, 3.8) is 0 Å². The Labute approximate surface area is 636 Å². The molecular weight excluding hydrogens is 1190 g/mol. The van der Waals surface area contributed by atoms with Gasteiger partial charge in [-0.2, -0.15) is 7.82 Å². The average Bonchev–Trinajstić information content (AvgIpc) is 1.69. The third-order valence-electron chi connectivity index (χ3n) is 15.5. The van der Waals surface area contributed by atoms with Gasteiger partial charge in [-0.25, -0.2) is 0 Å². The first-order valence-corrected chi connectivity index (χ1v) is 28.8.